The minimum Gasteiger partial charge on any atom is -0.463 e. The van der Waals surface area contributed by atoms with Gasteiger partial charge in [-0.25, -0.2) is 9.18 Å². The van der Waals surface area contributed by atoms with Crippen LogP contribution in [0.4, 0.5) is 4.39 Å². The molecule has 0 aromatic heterocycles. The first-order valence-electron chi connectivity index (χ1n) is 4.43. The lowest BCUT2D eigenvalue weighted by Crippen LogP contribution is -1.98. The molecule has 1 aromatic rings. The molecule has 0 spiro atoms. The minimum atomic E-state index is -0.420. The van der Waals surface area contributed by atoms with Crippen LogP contribution in [0.1, 0.15) is 12.5 Å². The Bertz CT molecular complexity index is 388. The summed E-state index contributed by atoms with van der Waals surface area (Å²) >= 11 is 1.91. The van der Waals surface area contributed by atoms with Gasteiger partial charge in [0.1, 0.15) is 5.82 Å². The van der Waals surface area contributed by atoms with Crippen molar-refractivity contribution >= 4 is 34.6 Å². The highest BCUT2D eigenvalue weighted by Crippen LogP contribution is 2.13. The summed E-state index contributed by atoms with van der Waals surface area (Å²) in [7, 11) is 0. The molecule has 1 aromatic carbocycles. The maximum Gasteiger partial charge on any atom is 0.330 e. The second-order valence-corrected chi connectivity index (χ2v) is 3.92. The number of halogens is 2. The van der Waals surface area contributed by atoms with E-state index >= 15 is 0 Å². The number of benzene rings is 1. The standard InChI is InChI=1S/C11H10FIO2/c1-2-15-11(14)6-4-8-3-5-10(13)9(12)7-8/h3-7H,2H2,1H3/b6-4+. The maximum atomic E-state index is 13.1. The molecule has 2 nitrogen and oxygen atoms in total. The van der Waals surface area contributed by atoms with E-state index in [4.69, 9.17) is 4.74 Å². The van der Waals surface area contributed by atoms with Gasteiger partial charge < -0.3 is 4.74 Å². The number of carbonyl (C=O) groups is 1. The van der Waals surface area contributed by atoms with Crippen LogP contribution in [0.2, 0.25) is 0 Å². The third-order valence-electron chi connectivity index (χ3n) is 1.64. The second-order valence-electron chi connectivity index (χ2n) is 2.76. The monoisotopic (exact) mass is 320 g/mol. The van der Waals surface area contributed by atoms with E-state index in [2.05, 4.69) is 0 Å². The van der Waals surface area contributed by atoms with Crippen molar-refractivity contribution in [2.45, 2.75) is 6.92 Å². The van der Waals surface area contributed by atoms with E-state index in [9.17, 15) is 9.18 Å². The fraction of sp³-hybridized carbons (Fsp3) is 0.182. The zero-order valence-electron chi connectivity index (χ0n) is 8.17. The molecular formula is C11H10FIO2. The first kappa shape index (κ1) is 12.2. The van der Waals surface area contributed by atoms with Crippen molar-refractivity contribution in [1.82, 2.24) is 0 Å². The summed E-state index contributed by atoms with van der Waals surface area (Å²) in [5, 5.41) is 0. The fourth-order valence-corrected chi connectivity index (χ4v) is 1.31. The van der Waals surface area contributed by atoms with Gasteiger partial charge in [-0.05, 0) is 53.3 Å². The highest BCUT2D eigenvalue weighted by Gasteiger charge is 1.99. The zero-order chi connectivity index (χ0) is 11.3. The van der Waals surface area contributed by atoms with Gasteiger partial charge in [-0.15, -0.1) is 0 Å². The van der Waals surface area contributed by atoms with Crippen molar-refractivity contribution in [3.8, 4) is 0 Å². The van der Waals surface area contributed by atoms with Crippen LogP contribution < -0.4 is 0 Å². The molecule has 0 heterocycles. The summed E-state index contributed by atoms with van der Waals surface area (Å²) in [5.74, 6) is -0.710. The van der Waals surface area contributed by atoms with Crippen LogP contribution >= 0.6 is 22.6 Å². The van der Waals surface area contributed by atoms with Crippen LogP contribution in [-0.2, 0) is 9.53 Å². The Morgan fingerprint density at radius 2 is 2.33 bits per heavy atom. The molecule has 80 valence electrons. The Morgan fingerprint density at radius 1 is 1.60 bits per heavy atom. The van der Waals surface area contributed by atoms with Crippen molar-refractivity contribution in [3.63, 3.8) is 0 Å². The Balaban J connectivity index is 2.72. The van der Waals surface area contributed by atoms with Gasteiger partial charge in [-0.3, -0.25) is 0 Å². The molecule has 0 aliphatic carbocycles. The normalized spacial score (nSPS) is 10.6. The summed E-state index contributed by atoms with van der Waals surface area (Å²) in [5.41, 5.74) is 0.640. The number of esters is 1. The third kappa shape index (κ3) is 3.99. The summed E-state index contributed by atoms with van der Waals surface area (Å²) in [6.45, 7) is 2.07. The Labute approximate surface area is 101 Å². The van der Waals surface area contributed by atoms with Crippen molar-refractivity contribution in [2.24, 2.45) is 0 Å². The van der Waals surface area contributed by atoms with Gasteiger partial charge in [-0.2, -0.15) is 0 Å². The lowest BCUT2D eigenvalue weighted by atomic mass is 10.2. The van der Waals surface area contributed by atoms with Gasteiger partial charge in [0.2, 0.25) is 0 Å². The first-order valence-corrected chi connectivity index (χ1v) is 5.51. The third-order valence-corrected chi connectivity index (χ3v) is 2.52. The van der Waals surface area contributed by atoms with Crippen LogP contribution in [0, 0.1) is 9.39 Å². The minimum absolute atomic E-state index is 0.290. The average Bonchev–Trinajstić information content (AvgIpc) is 2.20. The van der Waals surface area contributed by atoms with Crippen molar-refractivity contribution in [1.29, 1.82) is 0 Å². The van der Waals surface area contributed by atoms with Crippen LogP contribution in [0.5, 0.6) is 0 Å². The molecule has 0 aliphatic heterocycles. The number of hydrogen-bond acceptors (Lipinski definition) is 2. The molecule has 1 rings (SSSR count). The average molecular weight is 320 g/mol. The van der Waals surface area contributed by atoms with Crippen LogP contribution in [0.3, 0.4) is 0 Å². The van der Waals surface area contributed by atoms with E-state index in [-0.39, 0.29) is 5.82 Å². The highest BCUT2D eigenvalue weighted by atomic mass is 127. The van der Waals surface area contributed by atoms with E-state index in [0.717, 1.165) is 0 Å². The lowest BCUT2D eigenvalue weighted by Gasteiger charge is -1.97. The predicted molar refractivity (Wildman–Crippen MR) is 64.8 cm³/mol. The zero-order valence-corrected chi connectivity index (χ0v) is 10.3. The van der Waals surface area contributed by atoms with E-state index in [1.165, 1.54) is 18.2 Å². The quantitative estimate of drug-likeness (QED) is 0.486. The van der Waals surface area contributed by atoms with Gasteiger partial charge in [0, 0.05) is 9.65 Å². The topological polar surface area (TPSA) is 26.3 Å². The number of rotatable bonds is 3. The van der Waals surface area contributed by atoms with Gasteiger partial charge >= 0.3 is 5.97 Å². The molecule has 0 bridgehead atoms. The molecule has 0 amide bonds. The predicted octanol–water partition coefficient (Wildman–Crippen LogP) is 3.01. The van der Waals surface area contributed by atoms with Gasteiger partial charge in [0.15, 0.2) is 0 Å². The molecule has 0 N–H and O–H groups in total. The summed E-state index contributed by atoms with van der Waals surface area (Å²) in [4.78, 5) is 11.0. The number of carbonyl (C=O) groups excluding carboxylic acids is 1. The molecular weight excluding hydrogens is 310 g/mol. The Kier molecular flexibility index (Phi) is 4.74. The van der Waals surface area contributed by atoms with Gasteiger partial charge in [-0.1, -0.05) is 6.07 Å². The molecule has 0 atom stereocenters. The van der Waals surface area contributed by atoms with E-state index < -0.39 is 5.97 Å². The molecule has 4 heteroatoms. The van der Waals surface area contributed by atoms with Gasteiger partial charge in [0.05, 0.1) is 6.61 Å². The molecule has 0 saturated carbocycles. The number of hydrogen-bond donors (Lipinski definition) is 0. The lowest BCUT2D eigenvalue weighted by molar-refractivity contribution is -0.137. The maximum absolute atomic E-state index is 13.1. The molecule has 15 heavy (non-hydrogen) atoms. The SMILES string of the molecule is CCOC(=O)/C=C/c1ccc(I)c(F)c1. The molecule has 0 saturated heterocycles. The smallest absolute Gasteiger partial charge is 0.330 e. The van der Waals surface area contributed by atoms with E-state index in [1.807, 2.05) is 22.6 Å². The van der Waals surface area contributed by atoms with E-state index in [0.29, 0.717) is 15.7 Å². The summed E-state index contributed by atoms with van der Waals surface area (Å²) in [6.07, 6.45) is 2.81. The summed E-state index contributed by atoms with van der Waals surface area (Å²) < 4.78 is 18.3. The van der Waals surface area contributed by atoms with Crippen molar-refractivity contribution in [2.75, 3.05) is 6.61 Å². The van der Waals surface area contributed by atoms with Crippen LogP contribution in [-0.4, -0.2) is 12.6 Å². The Hall–Kier alpha value is -0.910. The van der Waals surface area contributed by atoms with Crippen LogP contribution in [0.25, 0.3) is 6.08 Å². The largest absolute Gasteiger partial charge is 0.463 e. The molecule has 0 unspecified atom stereocenters. The fourth-order valence-electron chi connectivity index (χ4n) is 0.971. The Morgan fingerprint density at radius 3 is 2.93 bits per heavy atom. The van der Waals surface area contributed by atoms with Crippen molar-refractivity contribution in [3.05, 3.63) is 39.2 Å². The summed E-state index contributed by atoms with van der Waals surface area (Å²) in [6, 6.07) is 4.76. The second kappa shape index (κ2) is 5.85. The van der Waals surface area contributed by atoms with Crippen LogP contribution in [0.15, 0.2) is 24.3 Å². The first-order chi connectivity index (χ1) is 7.13. The van der Waals surface area contributed by atoms with E-state index in [1.54, 1.807) is 19.1 Å². The number of ether oxygens (including phenoxy) is 1. The van der Waals surface area contributed by atoms with Gasteiger partial charge in [0.25, 0.3) is 0 Å². The molecule has 0 aliphatic rings. The molecule has 0 fully saturated rings. The van der Waals surface area contributed by atoms with Crippen molar-refractivity contribution < 1.29 is 13.9 Å². The molecule has 0 radical (unpaired) electrons. The highest BCUT2D eigenvalue weighted by molar-refractivity contribution is 14.1.